The largest absolute Gasteiger partial charge is 0.495 e. The Hall–Kier alpha value is -3.86. The molecule has 11 heteroatoms. The van der Waals surface area contributed by atoms with Gasteiger partial charge >= 0.3 is 5.56 Å². The highest BCUT2D eigenvalue weighted by atomic mass is 32.2. The molecule has 1 aliphatic heterocycles. The molecule has 1 amide bonds. The predicted octanol–water partition coefficient (Wildman–Crippen LogP) is 2.47. The van der Waals surface area contributed by atoms with Gasteiger partial charge in [-0.1, -0.05) is 36.0 Å². The quantitative estimate of drug-likeness (QED) is 0.381. The molecule has 1 aliphatic rings. The molecule has 1 saturated heterocycles. The molecule has 9 nitrogen and oxygen atoms in total. The lowest BCUT2D eigenvalue weighted by molar-refractivity contribution is -0.128. The third kappa shape index (κ3) is 4.46. The molecule has 5 rings (SSSR count). The van der Waals surface area contributed by atoms with Crippen molar-refractivity contribution in [3.8, 4) is 11.4 Å². The van der Waals surface area contributed by atoms with Crippen LogP contribution in [0.4, 0.5) is 10.1 Å². The number of anilines is 1. The van der Waals surface area contributed by atoms with Crippen LogP contribution < -0.4 is 15.2 Å². The number of nitrogens with zero attached hydrogens (tertiary/aromatic N) is 6. The molecule has 3 heterocycles. The van der Waals surface area contributed by atoms with Gasteiger partial charge in [0, 0.05) is 38.6 Å². The maximum atomic E-state index is 14.1. The SMILES string of the molecule is COc1ccccc1-n1ccn2c(SCC(=O)N3CCN(c4ccccc4F)CC3)nnc2c1=O. The monoisotopic (exact) mass is 494 g/mol. The van der Waals surface area contributed by atoms with Gasteiger partial charge in [0.05, 0.1) is 24.2 Å². The van der Waals surface area contributed by atoms with Crippen LogP contribution in [0.2, 0.25) is 0 Å². The molecule has 0 bridgehead atoms. The Morgan fingerprint density at radius 2 is 1.71 bits per heavy atom. The minimum absolute atomic E-state index is 0.0395. The van der Waals surface area contributed by atoms with Crippen LogP contribution in [-0.2, 0) is 4.79 Å². The van der Waals surface area contributed by atoms with Gasteiger partial charge in [-0.2, -0.15) is 0 Å². The Bertz CT molecular complexity index is 1430. The number of methoxy groups -OCH3 is 1. The molecule has 0 saturated carbocycles. The molecule has 0 aliphatic carbocycles. The van der Waals surface area contributed by atoms with Gasteiger partial charge in [0.25, 0.3) is 0 Å². The summed E-state index contributed by atoms with van der Waals surface area (Å²) in [7, 11) is 1.55. The van der Waals surface area contributed by atoms with E-state index >= 15 is 0 Å². The number of rotatable bonds is 6. The van der Waals surface area contributed by atoms with Crippen molar-refractivity contribution in [1.29, 1.82) is 0 Å². The van der Waals surface area contributed by atoms with Crippen LogP contribution in [0.15, 0.2) is 70.9 Å². The van der Waals surface area contributed by atoms with Crippen LogP contribution >= 0.6 is 11.8 Å². The first-order valence-electron chi connectivity index (χ1n) is 11.1. The first-order valence-corrected chi connectivity index (χ1v) is 12.0. The van der Waals surface area contributed by atoms with Gasteiger partial charge in [0.15, 0.2) is 5.16 Å². The second-order valence-electron chi connectivity index (χ2n) is 7.93. The highest BCUT2D eigenvalue weighted by molar-refractivity contribution is 7.99. The number of thioether (sulfide) groups is 1. The molecular weight excluding hydrogens is 471 g/mol. The fraction of sp³-hybridized carbons (Fsp3) is 0.250. The number of benzene rings is 2. The number of ether oxygens (including phenoxy) is 1. The van der Waals surface area contributed by atoms with Crippen LogP contribution in [0, 0.1) is 5.82 Å². The van der Waals surface area contributed by atoms with E-state index in [0.717, 1.165) is 0 Å². The van der Waals surface area contributed by atoms with E-state index in [-0.39, 0.29) is 28.7 Å². The molecule has 0 atom stereocenters. The molecule has 2 aromatic heterocycles. The lowest BCUT2D eigenvalue weighted by Crippen LogP contribution is -2.49. The Balaban J connectivity index is 1.25. The van der Waals surface area contributed by atoms with Gasteiger partial charge in [-0.25, -0.2) is 4.39 Å². The van der Waals surface area contributed by atoms with Gasteiger partial charge in [-0.3, -0.25) is 18.6 Å². The van der Waals surface area contributed by atoms with Crippen LogP contribution in [0.5, 0.6) is 5.75 Å². The summed E-state index contributed by atoms with van der Waals surface area (Å²) in [6, 6.07) is 13.9. The molecule has 4 aromatic rings. The number of carbonyl (C=O) groups is 1. The smallest absolute Gasteiger partial charge is 0.300 e. The average molecular weight is 495 g/mol. The molecule has 0 radical (unpaired) electrons. The molecule has 0 unspecified atom stereocenters. The van der Waals surface area contributed by atoms with E-state index in [0.29, 0.717) is 48.5 Å². The van der Waals surface area contributed by atoms with E-state index in [4.69, 9.17) is 4.74 Å². The number of carbonyl (C=O) groups excluding carboxylic acids is 1. The Kier molecular flexibility index (Phi) is 6.41. The molecule has 0 spiro atoms. The van der Waals surface area contributed by atoms with Gasteiger partial charge in [-0.15, -0.1) is 10.2 Å². The number of hydrogen-bond donors (Lipinski definition) is 0. The Labute approximate surface area is 204 Å². The Morgan fingerprint density at radius 1 is 1.00 bits per heavy atom. The van der Waals surface area contributed by atoms with Crippen molar-refractivity contribution in [3.05, 3.63) is 77.1 Å². The van der Waals surface area contributed by atoms with Crippen LogP contribution in [0.25, 0.3) is 11.3 Å². The predicted molar refractivity (Wildman–Crippen MR) is 131 cm³/mol. The van der Waals surface area contributed by atoms with E-state index < -0.39 is 0 Å². The van der Waals surface area contributed by atoms with Crippen molar-refractivity contribution in [1.82, 2.24) is 24.1 Å². The highest BCUT2D eigenvalue weighted by Gasteiger charge is 2.23. The first kappa shape index (κ1) is 22.9. The van der Waals surface area contributed by atoms with E-state index in [2.05, 4.69) is 10.2 Å². The van der Waals surface area contributed by atoms with Gasteiger partial charge in [0.2, 0.25) is 11.6 Å². The molecule has 0 N–H and O–H groups in total. The number of fused-ring (bicyclic) bond motifs is 1. The van der Waals surface area contributed by atoms with Crippen molar-refractivity contribution in [2.45, 2.75) is 5.16 Å². The lowest BCUT2D eigenvalue weighted by Gasteiger charge is -2.36. The number of aromatic nitrogens is 4. The summed E-state index contributed by atoms with van der Waals surface area (Å²) >= 11 is 1.23. The summed E-state index contributed by atoms with van der Waals surface area (Å²) in [6.45, 7) is 2.15. The topological polar surface area (TPSA) is 85.0 Å². The second-order valence-corrected chi connectivity index (χ2v) is 8.87. The molecule has 180 valence electrons. The molecule has 1 fully saturated rings. The third-order valence-electron chi connectivity index (χ3n) is 5.93. The number of halogens is 1. The molecule has 35 heavy (non-hydrogen) atoms. The zero-order valence-corrected chi connectivity index (χ0v) is 19.8. The van der Waals surface area contributed by atoms with Crippen LogP contribution in [0.3, 0.4) is 0 Å². The van der Waals surface area contributed by atoms with Crippen molar-refractivity contribution in [3.63, 3.8) is 0 Å². The van der Waals surface area contributed by atoms with Gasteiger partial charge < -0.3 is 14.5 Å². The maximum absolute atomic E-state index is 14.1. The number of piperazine rings is 1. The third-order valence-corrected chi connectivity index (χ3v) is 6.86. The van der Waals surface area contributed by atoms with Crippen molar-refractivity contribution >= 4 is 29.0 Å². The summed E-state index contributed by atoms with van der Waals surface area (Å²) in [5.74, 6) is 0.429. The fourth-order valence-corrected chi connectivity index (χ4v) is 4.93. The summed E-state index contributed by atoms with van der Waals surface area (Å²) in [6.07, 6.45) is 3.33. The van der Waals surface area contributed by atoms with E-state index in [1.54, 1.807) is 59.1 Å². The van der Waals surface area contributed by atoms with Crippen LogP contribution in [0.1, 0.15) is 0 Å². The normalized spacial score (nSPS) is 13.9. The fourth-order valence-electron chi connectivity index (χ4n) is 4.11. The summed E-state index contributed by atoms with van der Waals surface area (Å²) < 4.78 is 22.5. The van der Waals surface area contributed by atoms with Gasteiger partial charge in [0.1, 0.15) is 11.6 Å². The number of para-hydroxylation sites is 3. The minimum atomic E-state index is -0.341. The van der Waals surface area contributed by atoms with Crippen LogP contribution in [-0.4, -0.2) is 69.0 Å². The minimum Gasteiger partial charge on any atom is -0.495 e. The summed E-state index contributed by atoms with van der Waals surface area (Å²) in [4.78, 5) is 29.5. The lowest BCUT2D eigenvalue weighted by atomic mass is 10.2. The second kappa shape index (κ2) is 9.79. The zero-order valence-electron chi connectivity index (χ0n) is 19.0. The molecule has 2 aromatic carbocycles. The number of hydrogen-bond acceptors (Lipinski definition) is 7. The number of amides is 1. The molecular formula is C24H23FN6O3S. The summed E-state index contributed by atoms with van der Waals surface area (Å²) in [5, 5.41) is 8.64. The van der Waals surface area contributed by atoms with Crippen molar-refractivity contribution < 1.29 is 13.9 Å². The first-order chi connectivity index (χ1) is 17.1. The van der Waals surface area contributed by atoms with E-state index in [9.17, 15) is 14.0 Å². The maximum Gasteiger partial charge on any atom is 0.300 e. The van der Waals surface area contributed by atoms with E-state index in [1.807, 2.05) is 17.0 Å². The van der Waals surface area contributed by atoms with Crippen molar-refractivity contribution in [2.24, 2.45) is 0 Å². The van der Waals surface area contributed by atoms with Gasteiger partial charge in [-0.05, 0) is 24.3 Å². The van der Waals surface area contributed by atoms with Crippen molar-refractivity contribution in [2.75, 3.05) is 43.9 Å². The van der Waals surface area contributed by atoms with E-state index in [1.165, 1.54) is 22.4 Å². The standard InChI is InChI=1S/C24H23FN6O3S/c1-34-20-9-5-4-8-19(20)30-14-15-31-22(23(30)33)26-27-24(31)35-16-21(32)29-12-10-28(11-13-29)18-7-3-2-6-17(18)25/h2-9,14-15H,10-13,16H2,1H3. The highest BCUT2D eigenvalue weighted by Crippen LogP contribution is 2.23. The Morgan fingerprint density at radius 3 is 2.46 bits per heavy atom. The average Bonchev–Trinajstić information content (AvgIpc) is 3.32. The summed E-state index contributed by atoms with van der Waals surface area (Å²) in [5.41, 5.74) is 0.978. The zero-order chi connectivity index (χ0) is 24.4.